The van der Waals surface area contributed by atoms with Gasteiger partial charge in [0.1, 0.15) is 13.2 Å². The van der Waals surface area contributed by atoms with Gasteiger partial charge in [-0.2, -0.15) is 0 Å². The summed E-state index contributed by atoms with van der Waals surface area (Å²) in [5.41, 5.74) is 0. The van der Waals surface area contributed by atoms with Crippen molar-refractivity contribution in [3.05, 3.63) is 48.6 Å². The van der Waals surface area contributed by atoms with Crippen LogP contribution in [0.2, 0.25) is 0 Å². The molecule has 0 aliphatic rings. The van der Waals surface area contributed by atoms with E-state index in [-0.39, 0.29) is 31.1 Å². The number of rotatable bonds is 53. The van der Waals surface area contributed by atoms with E-state index in [1.807, 2.05) is 0 Å². The Balaban J connectivity index is 4.35. The molecule has 1 atom stereocenters. The normalized spacial score (nSPS) is 12.3. The quantitative estimate of drug-likeness (QED) is 0.0262. The van der Waals surface area contributed by atoms with E-state index in [9.17, 15) is 14.4 Å². The van der Waals surface area contributed by atoms with Crippen LogP contribution < -0.4 is 0 Å². The zero-order valence-electron chi connectivity index (χ0n) is 44.7. The molecule has 0 unspecified atom stereocenters. The van der Waals surface area contributed by atoms with Gasteiger partial charge in [0.25, 0.3) is 0 Å². The van der Waals surface area contributed by atoms with Crippen molar-refractivity contribution in [3.8, 4) is 0 Å². The van der Waals surface area contributed by atoms with Crippen LogP contribution in [0.5, 0.6) is 0 Å². The van der Waals surface area contributed by atoms with Crippen LogP contribution in [0.15, 0.2) is 48.6 Å². The molecule has 0 fully saturated rings. The molecule has 6 heteroatoms. The second-order valence-electron chi connectivity index (χ2n) is 19.6. The van der Waals surface area contributed by atoms with E-state index in [1.54, 1.807) is 0 Å². The van der Waals surface area contributed by atoms with E-state index in [1.165, 1.54) is 180 Å². The molecule has 6 nitrogen and oxygen atoms in total. The highest BCUT2D eigenvalue weighted by atomic mass is 16.6. The van der Waals surface area contributed by atoms with Gasteiger partial charge in [-0.1, -0.05) is 256 Å². The van der Waals surface area contributed by atoms with Crippen molar-refractivity contribution in [1.82, 2.24) is 0 Å². The summed E-state index contributed by atoms with van der Waals surface area (Å²) in [4.78, 5) is 38.2. The SMILES string of the molecule is CCCC/C=C\C/C=C\CCCCCCCC(=O)OC[C@H](COC(=O)CCCCCCCCCCC/C=C\C/C=C\CCCCC)OC(=O)CCCCCCCCCCCCCCCCCC. The first kappa shape index (κ1) is 64.4. The van der Waals surface area contributed by atoms with Gasteiger partial charge in [-0.05, 0) is 77.0 Å². The minimum atomic E-state index is -0.778. The fourth-order valence-electron chi connectivity index (χ4n) is 8.37. The lowest BCUT2D eigenvalue weighted by atomic mass is 10.0. The number of carbonyl (C=O) groups is 3. The van der Waals surface area contributed by atoms with Gasteiger partial charge in [0.15, 0.2) is 6.10 Å². The highest BCUT2D eigenvalue weighted by Gasteiger charge is 2.19. The van der Waals surface area contributed by atoms with Gasteiger partial charge in [0.05, 0.1) is 0 Å². The first-order valence-corrected chi connectivity index (χ1v) is 29.1. The van der Waals surface area contributed by atoms with Crippen LogP contribution in [0.3, 0.4) is 0 Å². The number of unbranched alkanes of at least 4 members (excludes halogenated alkanes) is 34. The Morgan fingerprint density at radius 3 is 0.896 bits per heavy atom. The molecule has 390 valence electrons. The van der Waals surface area contributed by atoms with Gasteiger partial charge in [0, 0.05) is 19.3 Å². The second kappa shape index (κ2) is 56.0. The number of allylic oxidation sites excluding steroid dienone is 8. The summed E-state index contributed by atoms with van der Waals surface area (Å²) in [5.74, 6) is -0.879. The number of hydrogen-bond donors (Lipinski definition) is 0. The Bertz CT molecular complexity index is 1170. The molecule has 0 saturated carbocycles. The molecule has 0 aliphatic heterocycles. The lowest BCUT2D eigenvalue weighted by molar-refractivity contribution is -0.167. The van der Waals surface area contributed by atoms with Crippen LogP contribution in [-0.2, 0) is 28.6 Å². The Hall–Kier alpha value is -2.63. The third-order valence-electron chi connectivity index (χ3n) is 12.8. The molecule has 0 heterocycles. The van der Waals surface area contributed by atoms with E-state index in [2.05, 4.69) is 69.4 Å². The molecule has 0 radical (unpaired) electrons. The first-order valence-electron chi connectivity index (χ1n) is 29.1. The van der Waals surface area contributed by atoms with Gasteiger partial charge in [0.2, 0.25) is 0 Å². The zero-order valence-corrected chi connectivity index (χ0v) is 44.7. The van der Waals surface area contributed by atoms with Crippen molar-refractivity contribution in [2.24, 2.45) is 0 Å². The molecule has 0 amide bonds. The summed E-state index contributed by atoms with van der Waals surface area (Å²) in [5, 5.41) is 0. The smallest absolute Gasteiger partial charge is 0.306 e. The zero-order chi connectivity index (χ0) is 48.6. The van der Waals surface area contributed by atoms with E-state index in [0.29, 0.717) is 19.3 Å². The van der Waals surface area contributed by atoms with Crippen LogP contribution in [0, 0.1) is 0 Å². The highest BCUT2D eigenvalue weighted by Crippen LogP contribution is 2.16. The Kier molecular flexibility index (Phi) is 53.8. The van der Waals surface area contributed by atoms with Gasteiger partial charge >= 0.3 is 17.9 Å². The minimum absolute atomic E-state index is 0.0770. The minimum Gasteiger partial charge on any atom is -0.462 e. The maximum Gasteiger partial charge on any atom is 0.306 e. The molecule has 67 heavy (non-hydrogen) atoms. The number of carbonyl (C=O) groups excluding carboxylic acids is 3. The molecule has 0 aromatic heterocycles. The molecule has 0 saturated heterocycles. The van der Waals surface area contributed by atoms with Crippen molar-refractivity contribution >= 4 is 17.9 Å². The van der Waals surface area contributed by atoms with Gasteiger partial charge in [-0.25, -0.2) is 0 Å². The second-order valence-corrected chi connectivity index (χ2v) is 19.6. The number of hydrogen-bond acceptors (Lipinski definition) is 6. The number of esters is 3. The van der Waals surface area contributed by atoms with E-state index < -0.39 is 6.10 Å². The standard InChI is InChI=1S/C61H110O6/c1-4-7-10-13-16-19-22-25-28-30-31-32-34-36-39-42-45-48-51-54-60(63)66-57-58(56-65-59(62)53-50-47-44-41-38-35-27-24-21-18-15-12-9-6-3)67-61(64)55-52-49-46-43-40-37-33-29-26-23-20-17-14-11-8-5-2/h15-16,18-19,24-25,27-28,58H,4-14,17,20-23,26,29-57H2,1-3H3/b18-15-,19-16-,27-24-,28-25-/t58-/m1/s1. The molecular formula is C61H110O6. The van der Waals surface area contributed by atoms with Crippen LogP contribution in [-0.4, -0.2) is 37.2 Å². The third kappa shape index (κ3) is 54.2. The fourth-order valence-corrected chi connectivity index (χ4v) is 8.37. The summed E-state index contributed by atoms with van der Waals surface area (Å²) in [6.45, 7) is 6.60. The monoisotopic (exact) mass is 939 g/mol. The predicted molar refractivity (Wildman–Crippen MR) is 289 cm³/mol. The van der Waals surface area contributed by atoms with Crippen molar-refractivity contribution in [2.45, 2.75) is 309 Å². The summed E-state index contributed by atoms with van der Waals surface area (Å²) in [6, 6.07) is 0. The average molecular weight is 940 g/mol. The van der Waals surface area contributed by atoms with Crippen molar-refractivity contribution in [2.75, 3.05) is 13.2 Å². The van der Waals surface area contributed by atoms with E-state index in [0.717, 1.165) is 83.5 Å². The summed E-state index contributed by atoms with van der Waals surface area (Å²) in [7, 11) is 0. The molecule has 0 spiro atoms. The molecule has 0 aromatic carbocycles. The molecular weight excluding hydrogens is 829 g/mol. The molecule has 0 rings (SSSR count). The fraction of sp³-hybridized carbons (Fsp3) is 0.820. The summed E-state index contributed by atoms with van der Waals surface area (Å²) < 4.78 is 16.9. The maximum atomic E-state index is 12.9. The lowest BCUT2D eigenvalue weighted by Crippen LogP contribution is -2.30. The van der Waals surface area contributed by atoms with Crippen LogP contribution >= 0.6 is 0 Å². The topological polar surface area (TPSA) is 78.9 Å². The number of ether oxygens (including phenoxy) is 3. The first-order chi connectivity index (χ1) is 33.0. The summed E-state index contributed by atoms with van der Waals surface area (Å²) in [6.07, 6.45) is 68.1. The van der Waals surface area contributed by atoms with E-state index in [4.69, 9.17) is 14.2 Å². The average Bonchev–Trinajstić information content (AvgIpc) is 3.33. The Morgan fingerprint density at radius 1 is 0.299 bits per heavy atom. The third-order valence-corrected chi connectivity index (χ3v) is 12.8. The summed E-state index contributed by atoms with van der Waals surface area (Å²) >= 11 is 0. The van der Waals surface area contributed by atoms with Crippen molar-refractivity contribution in [3.63, 3.8) is 0 Å². The predicted octanol–water partition coefficient (Wildman–Crippen LogP) is 19.4. The van der Waals surface area contributed by atoms with E-state index >= 15 is 0 Å². The van der Waals surface area contributed by atoms with Gasteiger partial charge < -0.3 is 14.2 Å². The maximum absolute atomic E-state index is 12.9. The molecule has 0 aromatic rings. The largest absolute Gasteiger partial charge is 0.462 e. The van der Waals surface area contributed by atoms with Gasteiger partial charge in [-0.3, -0.25) is 14.4 Å². The van der Waals surface area contributed by atoms with Crippen molar-refractivity contribution < 1.29 is 28.6 Å². The van der Waals surface area contributed by atoms with Crippen molar-refractivity contribution in [1.29, 1.82) is 0 Å². The Morgan fingerprint density at radius 2 is 0.552 bits per heavy atom. The van der Waals surface area contributed by atoms with Gasteiger partial charge in [-0.15, -0.1) is 0 Å². The van der Waals surface area contributed by atoms with Crippen LogP contribution in [0.25, 0.3) is 0 Å². The molecule has 0 aliphatic carbocycles. The molecule has 0 N–H and O–H groups in total. The Labute approximate surface area is 416 Å². The lowest BCUT2D eigenvalue weighted by Gasteiger charge is -2.18. The van der Waals surface area contributed by atoms with Crippen LogP contribution in [0.4, 0.5) is 0 Å². The van der Waals surface area contributed by atoms with Crippen LogP contribution in [0.1, 0.15) is 303 Å². The molecule has 0 bridgehead atoms. The highest BCUT2D eigenvalue weighted by molar-refractivity contribution is 5.71.